The maximum atomic E-state index is 11.7. The first-order chi connectivity index (χ1) is 8.58. The van der Waals surface area contributed by atoms with Gasteiger partial charge in [-0.3, -0.25) is 9.59 Å². The number of benzene rings is 2. The molecule has 18 heavy (non-hydrogen) atoms. The largest absolute Gasteiger partial charge is 0.507 e. The minimum atomic E-state index is -0.617. The molecule has 0 bridgehead atoms. The van der Waals surface area contributed by atoms with Crippen LogP contribution in [0.4, 0.5) is 0 Å². The number of phenolic OH excluding ortho intramolecular Hbond substituents is 1. The van der Waals surface area contributed by atoms with Crippen molar-refractivity contribution in [2.75, 3.05) is 6.54 Å². The summed E-state index contributed by atoms with van der Waals surface area (Å²) in [5, 5.41) is 13.6. The summed E-state index contributed by atoms with van der Waals surface area (Å²) in [6, 6.07) is 10.2. The molecule has 0 aromatic heterocycles. The zero-order valence-corrected chi connectivity index (χ0v) is 9.51. The van der Waals surface area contributed by atoms with Crippen molar-refractivity contribution in [1.29, 1.82) is 0 Å². The third-order valence-corrected chi connectivity index (χ3v) is 2.53. The molecule has 0 aliphatic carbocycles. The van der Waals surface area contributed by atoms with E-state index in [0.29, 0.717) is 5.39 Å². The van der Waals surface area contributed by atoms with E-state index < -0.39 is 11.8 Å². The number of carbonyl (C=O) groups is 2. The predicted molar refractivity (Wildman–Crippen MR) is 67.1 cm³/mol. The maximum absolute atomic E-state index is 11.7. The zero-order valence-electron chi connectivity index (χ0n) is 9.51. The Morgan fingerprint density at radius 2 is 1.94 bits per heavy atom. The topological polar surface area (TPSA) is 92.4 Å². The van der Waals surface area contributed by atoms with E-state index in [4.69, 9.17) is 5.73 Å². The normalized spacial score (nSPS) is 10.2. The third-order valence-electron chi connectivity index (χ3n) is 2.53. The SMILES string of the molecule is NC(=O)CNC(=O)c1cc(O)c2ccccc2c1. The van der Waals surface area contributed by atoms with E-state index >= 15 is 0 Å². The second-order valence-electron chi connectivity index (χ2n) is 3.87. The highest BCUT2D eigenvalue weighted by atomic mass is 16.3. The number of fused-ring (bicyclic) bond motifs is 1. The fraction of sp³-hybridized carbons (Fsp3) is 0.0769. The highest BCUT2D eigenvalue weighted by Gasteiger charge is 2.10. The van der Waals surface area contributed by atoms with E-state index in [9.17, 15) is 14.7 Å². The Hall–Kier alpha value is -2.56. The van der Waals surface area contributed by atoms with Crippen molar-refractivity contribution >= 4 is 22.6 Å². The molecule has 0 unspecified atom stereocenters. The summed E-state index contributed by atoms with van der Waals surface area (Å²) in [6.07, 6.45) is 0. The van der Waals surface area contributed by atoms with Crippen LogP contribution in [0.5, 0.6) is 5.75 Å². The summed E-state index contributed by atoms with van der Waals surface area (Å²) < 4.78 is 0. The van der Waals surface area contributed by atoms with Crippen molar-refractivity contribution in [3.63, 3.8) is 0 Å². The molecule has 0 spiro atoms. The predicted octanol–water partition coefficient (Wildman–Crippen LogP) is 0.760. The first kappa shape index (κ1) is 11.9. The van der Waals surface area contributed by atoms with Crippen LogP contribution >= 0.6 is 0 Å². The van der Waals surface area contributed by atoms with Gasteiger partial charge in [0.2, 0.25) is 5.91 Å². The van der Waals surface area contributed by atoms with Crippen molar-refractivity contribution < 1.29 is 14.7 Å². The second kappa shape index (κ2) is 4.75. The molecule has 2 aromatic carbocycles. The van der Waals surface area contributed by atoms with Crippen LogP contribution in [-0.4, -0.2) is 23.5 Å². The number of hydrogen-bond acceptors (Lipinski definition) is 3. The average molecular weight is 244 g/mol. The summed E-state index contributed by atoms with van der Waals surface area (Å²) in [4.78, 5) is 22.3. The van der Waals surface area contributed by atoms with E-state index in [1.165, 1.54) is 6.07 Å². The smallest absolute Gasteiger partial charge is 0.251 e. The van der Waals surface area contributed by atoms with Gasteiger partial charge in [-0.05, 0) is 17.5 Å². The Balaban J connectivity index is 2.34. The summed E-state index contributed by atoms with van der Waals surface area (Å²) in [7, 11) is 0. The van der Waals surface area contributed by atoms with Crippen molar-refractivity contribution in [3.05, 3.63) is 42.0 Å². The average Bonchev–Trinajstić information content (AvgIpc) is 2.36. The van der Waals surface area contributed by atoms with E-state index in [-0.39, 0.29) is 17.9 Å². The van der Waals surface area contributed by atoms with E-state index in [0.717, 1.165) is 5.39 Å². The van der Waals surface area contributed by atoms with Gasteiger partial charge in [-0.1, -0.05) is 24.3 Å². The van der Waals surface area contributed by atoms with E-state index in [1.807, 2.05) is 6.07 Å². The highest BCUT2D eigenvalue weighted by Crippen LogP contribution is 2.26. The lowest BCUT2D eigenvalue weighted by atomic mass is 10.1. The highest BCUT2D eigenvalue weighted by molar-refractivity contribution is 6.01. The van der Waals surface area contributed by atoms with Gasteiger partial charge in [0.15, 0.2) is 0 Å². The Kier molecular flexibility index (Phi) is 3.14. The number of phenols is 1. The van der Waals surface area contributed by atoms with Crippen LogP contribution in [-0.2, 0) is 4.79 Å². The Morgan fingerprint density at radius 1 is 1.22 bits per heavy atom. The zero-order chi connectivity index (χ0) is 13.1. The molecule has 0 radical (unpaired) electrons. The van der Waals surface area contributed by atoms with E-state index in [2.05, 4.69) is 5.32 Å². The first-order valence-corrected chi connectivity index (χ1v) is 5.36. The molecule has 2 amide bonds. The number of amides is 2. The minimum Gasteiger partial charge on any atom is -0.507 e. The third kappa shape index (κ3) is 2.40. The van der Waals surface area contributed by atoms with Crippen LogP contribution in [0.3, 0.4) is 0 Å². The Labute approximate surface area is 103 Å². The lowest BCUT2D eigenvalue weighted by molar-refractivity contribution is -0.117. The van der Waals surface area contributed by atoms with Crippen LogP contribution in [0.25, 0.3) is 10.8 Å². The molecule has 4 N–H and O–H groups in total. The molecule has 5 nitrogen and oxygen atoms in total. The minimum absolute atomic E-state index is 0.0253. The Morgan fingerprint density at radius 3 is 2.67 bits per heavy atom. The van der Waals surface area contributed by atoms with Crippen LogP contribution in [0.1, 0.15) is 10.4 Å². The van der Waals surface area contributed by atoms with Crippen molar-refractivity contribution in [2.24, 2.45) is 5.73 Å². The van der Waals surface area contributed by atoms with Gasteiger partial charge in [-0.2, -0.15) is 0 Å². The number of primary amides is 1. The molecule has 2 rings (SSSR count). The van der Waals surface area contributed by atoms with Crippen LogP contribution in [0.2, 0.25) is 0 Å². The molecule has 0 heterocycles. The molecule has 0 aliphatic rings. The summed E-state index contributed by atoms with van der Waals surface area (Å²) >= 11 is 0. The van der Waals surface area contributed by atoms with Gasteiger partial charge in [0, 0.05) is 10.9 Å². The number of rotatable bonds is 3. The molecule has 0 atom stereocenters. The van der Waals surface area contributed by atoms with Gasteiger partial charge < -0.3 is 16.2 Å². The molecule has 0 saturated carbocycles. The molecule has 0 aliphatic heterocycles. The Bertz CT molecular complexity index is 623. The van der Waals surface area contributed by atoms with Crippen molar-refractivity contribution in [1.82, 2.24) is 5.32 Å². The number of nitrogens with two attached hydrogens (primary N) is 1. The summed E-state index contributed by atoms with van der Waals surface area (Å²) in [5.41, 5.74) is 5.22. The first-order valence-electron chi connectivity index (χ1n) is 5.36. The quantitative estimate of drug-likeness (QED) is 0.744. The van der Waals surface area contributed by atoms with Gasteiger partial charge in [-0.15, -0.1) is 0 Å². The van der Waals surface area contributed by atoms with Crippen LogP contribution < -0.4 is 11.1 Å². The molecular formula is C13H12N2O3. The lowest BCUT2D eigenvalue weighted by Gasteiger charge is -2.06. The standard InChI is InChI=1S/C13H12N2O3/c14-12(17)7-15-13(18)9-5-8-3-1-2-4-10(8)11(16)6-9/h1-6,16H,7H2,(H2,14,17)(H,15,18). The molecule has 0 saturated heterocycles. The van der Waals surface area contributed by atoms with Crippen molar-refractivity contribution in [3.8, 4) is 5.75 Å². The van der Waals surface area contributed by atoms with Gasteiger partial charge >= 0.3 is 0 Å². The number of nitrogens with one attached hydrogen (secondary N) is 1. The van der Waals surface area contributed by atoms with Gasteiger partial charge in [0.25, 0.3) is 5.91 Å². The molecule has 2 aromatic rings. The monoisotopic (exact) mass is 244 g/mol. The second-order valence-corrected chi connectivity index (χ2v) is 3.87. The number of aromatic hydroxyl groups is 1. The summed E-state index contributed by atoms with van der Waals surface area (Å²) in [6.45, 7) is -0.230. The molecule has 92 valence electrons. The molecule has 5 heteroatoms. The fourth-order valence-corrected chi connectivity index (χ4v) is 1.69. The van der Waals surface area contributed by atoms with Gasteiger partial charge in [-0.25, -0.2) is 0 Å². The van der Waals surface area contributed by atoms with Crippen molar-refractivity contribution in [2.45, 2.75) is 0 Å². The molecule has 0 fully saturated rings. The van der Waals surface area contributed by atoms with E-state index in [1.54, 1.807) is 24.3 Å². The summed E-state index contributed by atoms with van der Waals surface area (Å²) in [5.74, 6) is -1.04. The maximum Gasteiger partial charge on any atom is 0.251 e. The molecular weight excluding hydrogens is 232 g/mol. The lowest BCUT2D eigenvalue weighted by Crippen LogP contribution is -2.33. The van der Waals surface area contributed by atoms with Gasteiger partial charge in [0.1, 0.15) is 5.75 Å². The van der Waals surface area contributed by atoms with Crippen LogP contribution in [0, 0.1) is 0 Å². The number of carbonyl (C=O) groups excluding carboxylic acids is 2. The van der Waals surface area contributed by atoms with Gasteiger partial charge in [0.05, 0.1) is 6.54 Å². The van der Waals surface area contributed by atoms with Crippen LogP contribution in [0.15, 0.2) is 36.4 Å². The fourth-order valence-electron chi connectivity index (χ4n) is 1.69. The number of hydrogen-bond donors (Lipinski definition) is 3.